The Morgan fingerprint density at radius 1 is 1.03 bits per heavy atom. The largest absolute Gasteiger partial charge is 0.338 e. The quantitative estimate of drug-likeness (QED) is 0.650. The van der Waals surface area contributed by atoms with Crippen LogP contribution in [-0.2, 0) is 0 Å². The summed E-state index contributed by atoms with van der Waals surface area (Å²) in [6, 6.07) is 11.2. The van der Waals surface area contributed by atoms with Gasteiger partial charge in [0.2, 0.25) is 0 Å². The molecule has 1 fully saturated rings. The monoisotopic (exact) mass is 397 g/mol. The number of rotatable bonds is 3. The Morgan fingerprint density at radius 2 is 1.79 bits per heavy atom. The molecule has 1 aromatic heterocycles. The number of aromatic nitrogens is 2. The predicted octanol–water partition coefficient (Wildman–Crippen LogP) is 4.58. The highest BCUT2D eigenvalue weighted by atomic mass is 19.1. The van der Waals surface area contributed by atoms with E-state index in [-0.39, 0.29) is 11.7 Å². The number of nitrogens with zero attached hydrogens (tertiary/aromatic N) is 3. The Morgan fingerprint density at radius 3 is 2.55 bits per heavy atom. The van der Waals surface area contributed by atoms with Crippen molar-refractivity contribution in [3.63, 3.8) is 0 Å². The van der Waals surface area contributed by atoms with E-state index in [1.165, 1.54) is 23.1 Å². The minimum atomic E-state index is -0.868. The Bertz CT molecular complexity index is 1040. The molecule has 4 nitrogen and oxygen atoms in total. The first-order valence-electron chi connectivity index (χ1n) is 9.35. The second-order valence-electron chi connectivity index (χ2n) is 7.00. The summed E-state index contributed by atoms with van der Waals surface area (Å²) in [5.41, 5.74) is 0.742. The molecule has 4 rings (SSSR count). The second-order valence-corrected chi connectivity index (χ2v) is 7.00. The average Bonchev–Trinajstić information content (AvgIpc) is 2.74. The van der Waals surface area contributed by atoms with Crippen molar-refractivity contribution in [3.05, 3.63) is 83.4 Å². The molecule has 1 amide bonds. The van der Waals surface area contributed by atoms with Gasteiger partial charge in [-0.3, -0.25) is 4.79 Å². The first-order valence-corrected chi connectivity index (χ1v) is 9.35. The fraction of sp³-hybridized carbons (Fsp3) is 0.227. The summed E-state index contributed by atoms with van der Waals surface area (Å²) in [6.07, 6.45) is 3.06. The normalized spacial score (nSPS) is 16.7. The van der Waals surface area contributed by atoms with E-state index < -0.39 is 23.1 Å². The van der Waals surface area contributed by atoms with Gasteiger partial charge in [0.15, 0.2) is 5.82 Å². The first kappa shape index (κ1) is 19.1. The molecule has 0 saturated carbocycles. The summed E-state index contributed by atoms with van der Waals surface area (Å²) < 4.78 is 41.5. The van der Waals surface area contributed by atoms with Crippen LogP contribution in [0.5, 0.6) is 0 Å². The Hall–Kier alpha value is -3.22. The zero-order chi connectivity index (χ0) is 20.4. The van der Waals surface area contributed by atoms with E-state index in [1.54, 1.807) is 24.4 Å². The number of halogens is 3. The fourth-order valence-corrected chi connectivity index (χ4v) is 3.63. The lowest BCUT2D eigenvalue weighted by Gasteiger charge is -2.32. The maximum atomic E-state index is 14.0. The van der Waals surface area contributed by atoms with E-state index in [4.69, 9.17) is 0 Å². The molecule has 0 bridgehead atoms. The van der Waals surface area contributed by atoms with Crippen LogP contribution < -0.4 is 0 Å². The molecule has 2 aromatic carbocycles. The maximum Gasteiger partial charge on any atom is 0.259 e. The summed E-state index contributed by atoms with van der Waals surface area (Å²) in [5.74, 6) is -2.48. The van der Waals surface area contributed by atoms with Crippen molar-refractivity contribution in [3.8, 4) is 11.4 Å². The van der Waals surface area contributed by atoms with Crippen LogP contribution >= 0.6 is 0 Å². The highest BCUT2D eigenvalue weighted by Gasteiger charge is 2.29. The van der Waals surface area contributed by atoms with Crippen LogP contribution in [-0.4, -0.2) is 33.9 Å². The summed E-state index contributed by atoms with van der Waals surface area (Å²) in [5, 5.41) is 0. The van der Waals surface area contributed by atoms with Crippen molar-refractivity contribution < 1.29 is 18.0 Å². The zero-order valence-corrected chi connectivity index (χ0v) is 15.5. The topological polar surface area (TPSA) is 46.1 Å². The van der Waals surface area contributed by atoms with Gasteiger partial charge >= 0.3 is 0 Å². The summed E-state index contributed by atoms with van der Waals surface area (Å²) >= 11 is 0. The molecule has 0 aliphatic carbocycles. The standard InChI is InChI=1S/C22H18F3N3O/c23-16-6-1-4-14(12-16)21-26-10-9-19(27-21)15-5-3-11-28(13-15)22(29)20-17(24)7-2-8-18(20)25/h1-2,4,6-10,12,15H,3,5,11,13H2. The highest BCUT2D eigenvalue weighted by Crippen LogP contribution is 2.28. The molecular formula is C22H18F3N3O. The third-order valence-corrected chi connectivity index (χ3v) is 5.06. The summed E-state index contributed by atoms with van der Waals surface area (Å²) in [7, 11) is 0. The second kappa shape index (κ2) is 8.03. The molecule has 0 spiro atoms. The average molecular weight is 397 g/mol. The molecule has 3 aromatic rings. The first-order chi connectivity index (χ1) is 14.0. The SMILES string of the molecule is O=C(c1c(F)cccc1F)N1CCCC(c2ccnc(-c3cccc(F)c3)n2)C1. The van der Waals surface area contributed by atoms with Crippen molar-refractivity contribution in [1.29, 1.82) is 0 Å². The van der Waals surface area contributed by atoms with Gasteiger partial charge in [0.25, 0.3) is 5.91 Å². The summed E-state index contributed by atoms with van der Waals surface area (Å²) in [4.78, 5) is 22.9. The highest BCUT2D eigenvalue weighted by molar-refractivity contribution is 5.94. The maximum absolute atomic E-state index is 14.0. The lowest BCUT2D eigenvalue weighted by molar-refractivity contribution is 0.0696. The Balaban J connectivity index is 1.58. The fourth-order valence-electron chi connectivity index (χ4n) is 3.63. The van der Waals surface area contributed by atoms with E-state index in [9.17, 15) is 18.0 Å². The molecular weight excluding hydrogens is 379 g/mol. The zero-order valence-electron chi connectivity index (χ0n) is 15.5. The van der Waals surface area contributed by atoms with Gasteiger partial charge in [0.1, 0.15) is 23.0 Å². The van der Waals surface area contributed by atoms with Gasteiger partial charge in [-0.15, -0.1) is 0 Å². The lowest BCUT2D eigenvalue weighted by atomic mass is 9.94. The van der Waals surface area contributed by atoms with E-state index >= 15 is 0 Å². The molecule has 7 heteroatoms. The molecule has 1 unspecified atom stereocenters. The Kier molecular flexibility index (Phi) is 5.29. The van der Waals surface area contributed by atoms with Gasteiger partial charge in [-0.1, -0.05) is 18.2 Å². The Labute approximate surface area is 166 Å². The molecule has 29 heavy (non-hydrogen) atoms. The van der Waals surface area contributed by atoms with Crippen molar-refractivity contribution in [2.75, 3.05) is 13.1 Å². The van der Waals surface area contributed by atoms with Crippen LogP contribution in [0.4, 0.5) is 13.2 Å². The van der Waals surface area contributed by atoms with E-state index in [0.29, 0.717) is 36.6 Å². The number of benzene rings is 2. The molecule has 1 aliphatic heterocycles. The predicted molar refractivity (Wildman–Crippen MR) is 102 cm³/mol. The molecule has 2 heterocycles. The van der Waals surface area contributed by atoms with E-state index in [1.807, 2.05) is 0 Å². The van der Waals surface area contributed by atoms with E-state index in [2.05, 4.69) is 9.97 Å². The molecule has 0 N–H and O–H groups in total. The van der Waals surface area contributed by atoms with Gasteiger partial charge in [-0.25, -0.2) is 23.1 Å². The van der Waals surface area contributed by atoms with Gasteiger partial charge in [-0.2, -0.15) is 0 Å². The smallest absolute Gasteiger partial charge is 0.259 e. The number of carbonyl (C=O) groups is 1. The molecule has 0 radical (unpaired) electrons. The van der Waals surface area contributed by atoms with Crippen molar-refractivity contribution in [1.82, 2.24) is 14.9 Å². The number of piperidine rings is 1. The molecule has 1 saturated heterocycles. The third-order valence-electron chi connectivity index (χ3n) is 5.06. The van der Waals surface area contributed by atoms with Crippen LogP contribution in [0.25, 0.3) is 11.4 Å². The van der Waals surface area contributed by atoms with Crippen molar-refractivity contribution in [2.24, 2.45) is 0 Å². The lowest BCUT2D eigenvalue weighted by Crippen LogP contribution is -2.40. The van der Waals surface area contributed by atoms with Crippen LogP contribution in [0.15, 0.2) is 54.7 Å². The van der Waals surface area contributed by atoms with Crippen LogP contribution in [0.1, 0.15) is 34.8 Å². The molecule has 148 valence electrons. The number of hydrogen-bond acceptors (Lipinski definition) is 3. The van der Waals surface area contributed by atoms with E-state index in [0.717, 1.165) is 18.6 Å². The molecule has 1 aliphatic rings. The number of carbonyl (C=O) groups excluding carboxylic acids is 1. The van der Waals surface area contributed by atoms with Crippen LogP contribution in [0.3, 0.4) is 0 Å². The van der Waals surface area contributed by atoms with Gasteiger partial charge < -0.3 is 4.90 Å². The van der Waals surface area contributed by atoms with Crippen molar-refractivity contribution >= 4 is 5.91 Å². The van der Waals surface area contributed by atoms with Crippen molar-refractivity contribution in [2.45, 2.75) is 18.8 Å². The van der Waals surface area contributed by atoms with Gasteiger partial charge in [0.05, 0.1) is 0 Å². The van der Waals surface area contributed by atoms with Gasteiger partial charge in [0, 0.05) is 36.5 Å². The minimum Gasteiger partial charge on any atom is -0.338 e. The van der Waals surface area contributed by atoms with Gasteiger partial charge in [-0.05, 0) is 43.2 Å². The third kappa shape index (κ3) is 3.99. The number of likely N-dealkylation sites (tertiary alicyclic amines) is 1. The number of hydrogen-bond donors (Lipinski definition) is 0. The number of amides is 1. The summed E-state index contributed by atoms with van der Waals surface area (Å²) in [6.45, 7) is 0.719. The molecule has 1 atom stereocenters. The minimum absolute atomic E-state index is 0.0992. The van der Waals surface area contributed by atoms with Crippen LogP contribution in [0.2, 0.25) is 0 Å². The van der Waals surface area contributed by atoms with Crippen LogP contribution in [0, 0.1) is 17.5 Å².